The number of aromatic hydroxyl groups is 1. The third kappa shape index (κ3) is 4.36. The molecule has 2 heterocycles. The van der Waals surface area contributed by atoms with Gasteiger partial charge in [-0.2, -0.15) is 4.80 Å². The van der Waals surface area contributed by atoms with Gasteiger partial charge in [-0.3, -0.25) is 4.90 Å². The average Bonchev–Trinajstić information content (AvgIpc) is 3.19. The van der Waals surface area contributed by atoms with Gasteiger partial charge in [0.2, 0.25) is 5.82 Å². The molecule has 0 aliphatic carbocycles. The molecule has 1 fully saturated rings. The van der Waals surface area contributed by atoms with Crippen molar-refractivity contribution in [1.82, 2.24) is 25.1 Å². The molecule has 2 atom stereocenters. The fourth-order valence-electron chi connectivity index (χ4n) is 4.07. The fraction of sp³-hybridized carbons (Fsp3) is 0.348. The van der Waals surface area contributed by atoms with Crippen LogP contribution in [0.15, 0.2) is 61.2 Å². The highest BCUT2D eigenvalue weighted by Gasteiger charge is 2.28. The maximum absolute atomic E-state index is 10.4. The lowest BCUT2D eigenvalue weighted by Crippen LogP contribution is -2.56. The summed E-state index contributed by atoms with van der Waals surface area (Å²) in [5.41, 5.74) is 2.89. The van der Waals surface area contributed by atoms with Crippen LogP contribution in [0, 0.1) is 0 Å². The van der Waals surface area contributed by atoms with Crippen LogP contribution >= 0.6 is 0 Å². The zero-order valence-corrected chi connectivity index (χ0v) is 17.5. The monoisotopic (exact) mass is 404 g/mol. The van der Waals surface area contributed by atoms with Crippen molar-refractivity contribution in [2.75, 3.05) is 24.5 Å². The molecule has 0 radical (unpaired) electrons. The Hall–Kier alpha value is -3.19. The number of hydrogen-bond acceptors (Lipinski definition) is 6. The molecule has 1 saturated heterocycles. The lowest BCUT2D eigenvalue weighted by molar-refractivity contribution is 0.184. The summed E-state index contributed by atoms with van der Waals surface area (Å²) in [5.74, 6) is 0.844. The molecule has 0 bridgehead atoms. The largest absolute Gasteiger partial charge is 0.508 e. The Morgan fingerprint density at radius 3 is 2.67 bits per heavy atom. The van der Waals surface area contributed by atoms with Crippen molar-refractivity contribution < 1.29 is 5.11 Å². The van der Waals surface area contributed by atoms with Crippen LogP contribution in [0.3, 0.4) is 0 Å². The van der Waals surface area contributed by atoms with E-state index in [0.29, 0.717) is 24.5 Å². The standard InChI is InChI=1S/C23H28N6O/c1-4-10-27-14-18(3)28(15-17(27)2)21-11-19(12-22(30)13-21)16-29-25-23(24-26-29)20-8-6-5-7-9-20/h4-9,11-13,17-18,30H,1,10,14-16H2,2-3H3/t17-,18+/m1/s1. The van der Waals surface area contributed by atoms with Gasteiger partial charge in [0.05, 0.1) is 6.54 Å². The molecule has 4 rings (SSSR count). The van der Waals surface area contributed by atoms with Crippen molar-refractivity contribution in [1.29, 1.82) is 0 Å². The highest BCUT2D eigenvalue weighted by Crippen LogP contribution is 2.28. The van der Waals surface area contributed by atoms with Gasteiger partial charge < -0.3 is 10.0 Å². The van der Waals surface area contributed by atoms with Gasteiger partial charge in [-0.05, 0) is 36.8 Å². The molecule has 3 aromatic rings. The number of benzene rings is 2. The normalized spacial score (nSPS) is 19.7. The maximum Gasteiger partial charge on any atom is 0.204 e. The maximum atomic E-state index is 10.4. The minimum absolute atomic E-state index is 0.249. The summed E-state index contributed by atoms with van der Waals surface area (Å²) < 4.78 is 0. The first-order valence-corrected chi connectivity index (χ1v) is 10.3. The Balaban J connectivity index is 1.53. The van der Waals surface area contributed by atoms with Crippen molar-refractivity contribution in [2.24, 2.45) is 0 Å². The molecule has 1 aliphatic rings. The minimum atomic E-state index is 0.249. The van der Waals surface area contributed by atoms with E-state index in [1.54, 1.807) is 10.9 Å². The van der Waals surface area contributed by atoms with E-state index >= 15 is 0 Å². The van der Waals surface area contributed by atoms with E-state index in [4.69, 9.17) is 0 Å². The Bertz CT molecular complexity index is 1000. The van der Waals surface area contributed by atoms with Crippen LogP contribution < -0.4 is 4.90 Å². The first kappa shape index (κ1) is 20.1. The van der Waals surface area contributed by atoms with Crippen molar-refractivity contribution in [3.63, 3.8) is 0 Å². The Morgan fingerprint density at radius 1 is 1.10 bits per heavy atom. The molecular weight excluding hydrogens is 376 g/mol. The number of hydrogen-bond donors (Lipinski definition) is 1. The smallest absolute Gasteiger partial charge is 0.204 e. The Kier molecular flexibility index (Phi) is 5.81. The molecule has 0 saturated carbocycles. The van der Waals surface area contributed by atoms with Crippen LogP contribution in [0.4, 0.5) is 5.69 Å². The number of anilines is 1. The lowest BCUT2D eigenvalue weighted by atomic mass is 10.1. The molecule has 0 amide bonds. The van der Waals surface area contributed by atoms with E-state index in [0.717, 1.165) is 36.4 Å². The molecular formula is C23H28N6O. The van der Waals surface area contributed by atoms with Crippen molar-refractivity contribution in [2.45, 2.75) is 32.5 Å². The summed E-state index contributed by atoms with van der Waals surface area (Å²) in [6, 6.07) is 16.2. The number of piperazine rings is 1. The van der Waals surface area contributed by atoms with Crippen molar-refractivity contribution in [3.8, 4) is 17.1 Å². The predicted molar refractivity (Wildman–Crippen MR) is 119 cm³/mol. The van der Waals surface area contributed by atoms with Gasteiger partial charge in [0, 0.05) is 49.0 Å². The molecule has 30 heavy (non-hydrogen) atoms. The molecule has 0 spiro atoms. The molecule has 7 nitrogen and oxygen atoms in total. The van der Waals surface area contributed by atoms with Crippen molar-refractivity contribution in [3.05, 3.63) is 66.7 Å². The third-order valence-electron chi connectivity index (χ3n) is 5.58. The van der Waals surface area contributed by atoms with Gasteiger partial charge in [0.1, 0.15) is 5.75 Å². The second kappa shape index (κ2) is 8.67. The molecule has 1 aliphatic heterocycles. The summed E-state index contributed by atoms with van der Waals surface area (Å²) in [5, 5.41) is 23.2. The van der Waals surface area contributed by atoms with Crippen LogP contribution in [0.5, 0.6) is 5.75 Å². The number of tetrazole rings is 1. The first-order valence-electron chi connectivity index (χ1n) is 10.3. The SMILES string of the molecule is C=CCN1C[C@H](C)N(c2cc(O)cc(Cn3nnc(-c4ccccc4)n3)c2)C[C@H]1C. The second-order valence-corrected chi connectivity index (χ2v) is 7.96. The van der Waals surface area contributed by atoms with Gasteiger partial charge in [-0.1, -0.05) is 36.4 Å². The molecule has 156 valence electrons. The summed E-state index contributed by atoms with van der Waals surface area (Å²) in [6.45, 7) is 11.5. The average molecular weight is 405 g/mol. The van der Waals surface area contributed by atoms with E-state index < -0.39 is 0 Å². The van der Waals surface area contributed by atoms with Crippen LogP contribution in [-0.2, 0) is 6.54 Å². The van der Waals surface area contributed by atoms with Crippen LogP contribution in [0.25, 0.3) is 11.4 Å². The Labute approximate surface area is 177 Å². The summed E-state index contributed by atoms with van der Waals surface area (Å²) >= 11 is 0. The lowest BCUT2D eigenvalue weighted by Gasteiger charge is -2.45. The Morgan fingerprint density at radius 2 is 1.90 bits per heavy atom. The highest BCUT2D eigenvalue weighted by atomic mass is 16.3. The molecule has 1 N–H and O–H groups in total. The molecule has 2 aromatic carbocycles. The predicted octanol–water partition coefficient (Wildman–Crippen LogP) is 3.18. The molecule has 0 unspecified atom stereocenters. The van der Waals surface area contributed by atoms with Gasteiger partial charge in [0.25, 0.3) is 0 Å². The zero-order chi connectivity index (χ0) is 21.1. The second-order valence-electron chi connectivity index (χ2n) is 7.96. The number of nitrogens with zero attached hydrogens (tertiary/aromatic N) is 6. The minimum Gasteiger partial charge on any atom is -0.508 e. The van der Waals surface area contributed by atoms with E-state index in [2.05, 4.69) is 51.7 Å². The topological polar surface area (TPSA) is 70.3 Å². The van der Waals surface area contributed by atoms with E-state index in [1.807, 2.05) is 42.5 Å². The summed E-state index contributed by atoms with van der Waals surface area (Å²) in [4.78, 5) is 6.36. The quantitative estimate of drug-likeness (QED) is 0.637. The van der Waals surface area contributed by atoms with Gasteiger partial charge >= 0.3 is 0 Å². The van der Waals surface area contributed by atoms with Crippen molar-refractivity contribution >= 4 is 5.69 Å². The van der Waals surface area contributed by atoms with Crippen LogP contribution in [-0.4, -0.2) is 61.9 Å². The first-order chi connectivity index (χ1) is 14.5. The molecule has 7 heteroatoms. The third-order valence-corrected chi connectivity index (χ3v) is 5.58. The summed E-state index contributed by atoms with van der Waals surface area (Å²) in [7, 11) is 0. The number of rotatable bonds is 6. The van der Waals surface area contributed by atoms with Gasteiger partial charge in [-0.15, -0.1) is 16.8 Å². The fourth-order valence-corrected chi connectivity index (χ4v) is 4.07. The highest BCUT2D eigenvalue weighted by molar-refractivity contribution is 5.55. The van der Waals surface area contributed by atoms with Crippen LogP contribution in [0.1, 0.15) is 19.4 Å². The van der Waals surface area contributed by atoms with E-state index in [1.165, 1.54) is 0 Å². The van der Waals surface area contributed by atoms with Gasteiger partial charge in [-0.25, -0.2) is 0 Å². The van der Waals surface area contributed by atoms with Crippen LogP contribution in [0.2, 0.25) is 0 Å². The number of aromatic nitrogens is 4. The van der Waals surface area contributed by atoms with E-state index in [9.17, 15) is 5.11 Å². The van der Waals surface area contributed by atoms with Gasteiger partial charge in [0.15, 0.2) is 0 Å². The summed E-state index contributed by atoms with van der Waals surface area (Å²) in [6.07, 6.45) is 1.96. The van der Waals surface area contributed by atoms with E-state index in [-0.39, 0.29) is 5.75 Å². The molecule has 1 aromatic heterocycles. The number of phenols is 1. The zero-order valence-electron chi connectivity index (χ0n) is 17.5. The number of phenolic OH excluding ortho intramolecular Hbond substituents is 1.